The number of nitrogens with one attached hydrogen (secondary N) is 1. The van der Waals surface area contributed by atoms with Gasteiger partial charge >= 0.3 is 0 Å². The van der Waals surface area contributed by atoms with Crippen LogP contribution in [0, 0.1) is 0 Å². The second kappa shape index (κ2) is 4.99. The molecule has 0 fully saturated rings. The predicted octanol–water partition coefficient (Wildman–Crippen LogP) is 2.70. The van der Waals surface area contributed by atoms with Crippen LogP contribution in [-0.4, -0.2) is 4.98 Å². The maximum absolute atomic E-state index is 11.5. The maximum atomic E-state index is 11.5. The Labute approximate surface area is 98.9 Å². The standard InChI is InChI=1S/C13H12ClNO/c14-9-11-5-3-10(4-6-11)8-12-2-1-7-15-13(12)16/h1-7H,8-9H2,(H,15,16). The van der Waals surface area contributed by atoms with E-state index in [2.05, 4.69) is 4.98 Å². The van der Waals surface area contributed by atoms with Gasteiger partial charge in [0.05, 0.1) is 0 Å². The molecule has 2 rings (SSSR count). The van der Waals surface area contributed by atoms with Gasteiger partial charge in [-0.1, -0.05) is 30.3 Å². The van der Waals surface area contributed by atoms with Crippen molar-refractivity contribution in [3.8, 4) is 0 Å². The summed E-state index contributed by atoms with van der Waals surface area (Å²) in [5, 5.41) is 0. The van der Waals surface area contributed by atoms with Crippen molar-refractivity contribution in [2.45, 2.75) is 12.3 Å². The van der Waals surface area contributed by atoms with E-state index in [-0.39, 0.29) is 5.56 Å². The lowest BCUT2D eigenvalue weighted by Crippen LogP contribution is -2.11. The highest BCUT2D eigenvalue weighted by atomic mass is 35.5. The highest BCUT2D eigenvalue weighted by Gasteiger charge is 2.00. The van der Waals surface area contributed by atoms with Crippen molar-refractivity contribution in [1.29, 1.82) is 0 Å². The lowest BCUT2D eigenvalue weighted by molar-refractivity contribution is 1.09. The summed E-state index contributed by atoms with van der Waals surface area (Å²) in [7, 11) is 0. The number of aromatic nitrogens is 1. The van der Waals surface area contributed by atoms with Crippen LogP contribution in [-0.2, 0) is 12.3 Å². The van der Waals surface area contributed by atoms with E-state index < -0.39 is 0 Å². The van der Waals surface area contributed by atoms with Gasteiger partial charge in [-0.05, 0) is 17.2 Å². The molecule has 0 unspecified atom stereocenters. The molecule has 2 nitrogen and oxygen atoms in total. The van der Waals surface area contributed by atoms with Gasteiger partial charge in [-0.2, -0.15) is 0 Å². The van der Waals surface area contributed by atoms with Crippen LogP contribution >= 0.6 is 11.6 Å². The van der Waals surface area contributed by atoms with E-state index >= 15 is 0 Å². The summed E-state index contributed by atoms with van der Waals surface area (Å²) in [5.41, 5.74) is 2.96. The van der Waals surface area contributed by atoms with Gasteiger partial charge in [0.2, 0.25) is 0 Å². The predicted molar refractivity (Wildman–Crippen MR) is 65.9 cm³/mol. The zero-order chi connectivity index (χ0) is 11.4. The molecule has 82 valence electrons. The van der Waals surface area contributed by atoms with E-state index in [0.29, 0.717) is 12.3 Å². The Kier molecular flexibility index (Phi) is 3.42. The number of alkyl halides is 1. The third-order valence-electron chi connectivity index (χ3n) is 2.47. The Morgan fingerprint density at radius 1 is 1.06 bits per heavy atom. The van der Waals surface area contributed by atoms with Crippen LogP contribution < -0.4 is 5.56 Å². The van der Waals surface area contributed by atoms with Crippen LogP contribution in [0.3, 0.4) is 0 Å². The van der Waals surface area contributed by atoms with Gasteiger partial charge in [-0.15, -0.1) is 11.6 Å². The fourth-order valence-corrected chi connectivity index (χ4v) is 1.74. The van der Waals surface area contributed by atoms with Gasteiger partial charge in [-0.25, -0.2) is 0 Å². The van der Waals surface area contributed by atoms with Crippen LogP contribution in [0.25, 0.3) is 0 Å². The number of rotatable bonds is 3. The molecule has 0 atom stereocenters. The zero-order valence-corrected chi connectivity index (χ0v) is 9.50. The molecule has 0 aliphatic carbocycles. The summed E-state index contributed by atoms with van der Waals surface area (Å²) >= 11 is 5.71. The molecule has 0 aliphatic rings. The first-order valence-electron chi connectivity index (χ1n) is 5.10. The van der Waals surface area contributed by atoms with Gasteiger partial charge in [0.15, 0.2) is 0 Å². The molecular formula is C13H12ClNO. The Bertz CT molecular complexity index is 516. The van der Waals surface area contributed by atoms with Crippen LogP contribution in [0.5, 0.6) is 0 Å². The van der Waals surface area contributed by atoms with Gasteiger partial charge in [0, 0.05) is 24.1 Å². The first-order chi connectivity index (χ1) is 7.79. The van der Waals surface area contributed by atoms with Crippen LogP contribution in [0.2, 0.25) is 0 Å². The summed E-state index contributed by atoms with van der Waals surface area (Å²) in [6.45, 7) is 0. The van der Waals surface area contributed by atoms with Gasteiger partial charge in [0.1, 0.15) is 0 Å². The number of benzene rings is 1. The molecule has 1 heterocycles. The number of hydrogen-bond acceptors (Lipinski definition) is 1. The van der Waals surface area contributed by atoms with Gasteiger partial charge in [-0.3, -0.25) is 4.79 Å². The molecule has 1 aromatic heterocycles. The minimum atomic E-state index is -0.0241. The normalized spacial score (nSPS) is 10.3. The number of pyridine rings is 1. The number of aromatic amines is 1. The fourth-order valence-electron chi connectivity index (χ4n) is 1.56. The summed E-state index contributed by atoms with van der Waals surface area (Å²) < 4.78 is 0. The highest BCUT2D eigenvalue weighted by molar-refractivity contribution is 6.17. The minimum absolute atomic E-state index is 0.0241. The van der Waals surface area contributed by atoms with E-state index in [1.807, 2.05) is 36.4 Å². The van der Waals surface area contributed by atoms with Crippen molar-refractivity contribution in [3.63, 3.8) is 0 Å². The second-order valence-electron chi connectivity index (χ2n) is 3.65. The average molecular weight is 234 g/mol. The van der Waals surface area contributed by atoms with E-state index in [4.69, 9.17) is 11.6 Å². The third-order valence-corrected chi connectivity index (χ3v) is 2.78. The fraction of sp³-hybridized carbons (Fsp3) is 0.154. The third kappa shape index (κ3) is 2.52. The van der Waals surface area contributed by atoms with Crippen molar-refractivity contribution in [2.24, 2.45) is 0 Å². The molecule has 0 aliphatic heterocycles. The summed E-state index contributed by atoms with van der Waals surface area (Å²) in [6, 6.07) is 11.7. The number of hydrogen-bond donors (Lipinski definition) is 1. The molecule has 16 heavy (non-hydrogen) atoms. The molecule has 0 saturated carbocycles. The first-order valence-corrected chi connectivity index (χ1v) is 5.63. The maximum Gasteiger partial charge on any atom is 0.251 e. The molecule has 1 aromatic carbocycles. The second-order valence-corrected chi connectivity index (χ2v) is 3.92. The SMILES string of the molecule is O=c1[nH]cccc1Cc1ccc(CCl)cc1. The molecule has 2 aromatic rings. The van der Waals surface area contributed by atoms with Crippen LogP contribution in [0.1, 0.15) is 16.7 Å². The molecule has 0 spiro atoms. The summed E-state index contributed by atoms with van der Waals surface area (Å²) in [6.07, 6.45) is 2.29. The summed E-state index contributed by atoms with van der Waals surface area (Å²) in [5.74, 6) is 0.520. The van der Waals surface area contributed by atoms with E-state index in [9.17, 15) is 4.79 Å². The highest BCUT2D eigenvalue weighted by Crippen LogP contribution is 2.09. The molecule has 0 saturated heterocycles. The Morgan fingerprint density at radius 3 is 2.38 bits per heavy atom. The van der Waals surface area contributed by atoms with Crippen molar-refractivity contribution >= 4 is 11.6 Å². The van der Waals surface area contributed by atoms with Gasteiger partial charge < -0.3 is 4.98 Å². The lowest BCUT2D eigenvalue weighted by Gasteiger charge is -2.01. The quantitative estimate of drug-likeness (QED) is 0.813. The van der Waals surface area contributed by atoms with E-state index in [1.54, 1.807) is 6.20 Å². The lowest BCUT2D eigenvalue weighted by atomic mass is 10.1. The van der Waals surface area contributed by atoms with E-state index in [0.717, 1.165) is 16.7 Å². The first kappa shape index (κ1) is 11.0. The Morgan fingerprint density at radius 2 is 1.75 bits per heavy atom. The molecule has 0 bridgehead atoms. The number of H-pyrrole nitrogens is 1. The molecule has 3 heteroatoms. The molecule has 0 amide bonds. The van der Waals surface area contributed by atoms with Crippen molar-refractivity contribution in [1.82, 2.24) is 4.98 Å². The van der Waals surface area contributed by atoms with Gasteiger partial charge in [0.25, 0.3) is 5.56 Å². The number of halogens is 1. The Balaban J connectivity index is 2.21. The monoisotopic (exact) mass is 233 g/mol. The van der Waals surface area contributed by atoms with Crippen molar-refractivity contribution in [2.75, 3.05) is 0 Å². The van der Waals surface area contributed by atoms with Crippen molar-refractivity contribution in [3.05, 3.63) is 69.6 Å². The minimum Gasteiger partial charge on any atom is -0.329 e. The molecule has 1 N–H and O–H groups in total. The zero-order valence-electron chi connectivity index (χ0n) is 8.74. The largest absolute Gasteiger partial charge is 0.329 e. The summed E-state index contributed by atoms with van der Waals surface area (Å²) in [4.78, 5) is 14.1. The average Bonchev–Trinajstić information content (AvgIpc) is 2.33. The van der Waals surface area contributed by atoms with E-state index in [1.165, 1.54) is 0 Å². The topological polar surface area (TPSA) is 32.9 Å². The smallest absolute Gasteiger partial charge is 0.251 e. The van der Waals surface area contributed by atoms with Crippen molar-refractivity contribution < 1.29 is 0 Å². The van der Waals surface area contributed by atoms with Crippen LogP contribution in [0.15, 0.2) is 47.4 Å². The molecular weight excluding hydrogens is 222 g/mol. The molecule has 0 radical (unpaired) electrons. The van der Waals surface area contributed by atoms with Crippen LogP contribution in [0.4, 0.5) is 0 Å². The Hall–Kier alpha value is -1.54.